The van der Waals surface area contributed by atoms with Gasteiger partial charge in [0.15, 0.2) is 0 Å². The van der Waals surface area contributed by atoms with Gasteiger partial charge >= 0.3 is 12.1 Å². The van der Waals surface area contributed by atoms with E-state index in [9.17, 15) is 9.59 Å². The summed E-state index contributed by atoms with van der Waals surface area (Å²) in [6.07, 6.45) is 1.31. The molecule has 1 aliphatic heterocycles. The highest BCUT2D eigenvalue weighted by Gasteiger charge is 2.39. The molecule has 1 aromatic carbocycles. The van der Waals surface area contributed by atoms with Gasteiger partial charge in [0.25, 0.3) is 0 Å². The fourth-order valence-corrected chi connectivity index (χ4v) is 3.09. The average Bonchev–Trinajstić information content (AvgIpc) is 2.92. The van der Waals surface area contributed by atoms with Crippen molar-refractivity contribution in [3.05, 3.63) is 35.9 Å². The number of hydrogen-bond donors (Lipinski definition) is 2. The van der Waals surface area contributed by atoms with Crippen LogP contribution in [-0.2, 0) is 20.7 Å². The minimum absolute atomic E-state index is 0.0536. The third-order valence-corrected chi connectivity index (χ3v) is 4.28. The molecule has 3 atom stereocenters. The van der Waals surface area contributed by atoms with Gasteiger partial charge in [-0.15, -0.1) is 0 Å². The number of benzene rings is 1. The molecule has 1 amide bonds. The lowest BCUT2D eigenvalue weighted by Crippen LogP contribution is -2.46. The highest BCUT2D eigenvalue weighted by Crippen LogP contribution is 2.28. The first-order valence-corrected chi connectivity index (χ1v) is 9.13. The van der Waals surface area contributed by atoms with Crippen molar-refractivity contribution >= 4 is 12.1 Å². The van der Waals surface area contributed by atoms with Gasteiger partial charge in [0.05, 0.1) is 12.0 Å². The van der Waals surface area contributed by atoms with Crippen LogP contribution in [0.15, 0.2) is 30.3 Å². The Bertz CT molecular complexity index is 596. The second-order valence-corrected chi connectivity index (χ2v) is 7.72. The van der Waals surface area contributed by atoms with E-state index < -0.39 is 17.8 Å². The number of hydrogen-bond acceptors (Lipinski definition) is 5. The summed E-state index contributed by atoms with van der Waals surface area (Å²) >= 11 is 0. The summed E-state index contributed by atoms with van der Waals surface area (Å²) in [4.78, 5) is 24.4. The molecule has 0 bridgehead atoms. The van der Waals surface area contributed by atoms with E-state index in [1.807, 2.05) is 30.3 Å². The molecular weight excluding hydrogens is 334 g/mol. The first-order valence-electron chi connectivity index (χ1n) is 9.13. The van der Waals surface area contributed by atoms with Gasteiger partial charge in [-0.2, -0.15) is 0 Å². The number of aliphatic hydroxyl groups is 1. The number of amides is 1. The molecule has 0 unspecified atom stereocenters. The first kappa shape index (κ1) is 20.2. The minimum Gasteiger partial charge on any atom is -0.460 e. The molecule has 2 rings (SSSR count). The van der Waals surface area contributed by atoms with Crippen LogP contribution in [0.1, 0.15) is 45.6 Å². The summed E-state index contributed by atoms with van der Waals surface area (Å²) in [7, 11) is 0. The maximum absolute atomic E-state index is 12.2. The molecule has 1 fully saturated rings. The lowest BCUT2D eigenvalue weighted by molar-refractivity contribution is -0.145. The maximum atomic E-state index is 12.2. The van der Waals surface area contributed by atoms with Gasteiger partial charge in [0, 0.05) is 6.61 Å². The lowest BCUT2D eigenvalue weighted by atomic mass is 9.93. The van der Waals surface area contributed by atoms with Gasteiger partial charge in [-0.1, -0.05) is 30.3 Å². The topological polar surface area (TPSA) is 84.9 Å². The predicted octanol–water partition coefficient (Wildman–Crippen LogP) is 2.83. The third kappa shape index (κ3) is 6.33. The van der Waals surface area contributed by atoms with Crippen LogP contribution in [0.2, 0.25) is 0 Å². The van der Waals surface area contributed by atoms with Gasteiger partial charge in [-0.3, -0.25) is 4.79 Å². The smallest absolute Gasteiger partial charge is 0.408 e. The summed E-state index contributed by atoms with van der Waals surface area (Å²) in [5.41, 5.74) is 0.445. The molecule has 0 radical (unpaired) electrons. The van der Waals surface area contributed by atoms with E-state index in [4.69, 9.17) is 14.6 Å². The Balaban J connectivity index is 2.07. The summed E-state index contributed by atoms with van der Waals surface area (Å²) < 4.78 is 10.9. The molecule has 6 heteroatoms. The Labute approximate surface area is 154 Å². The second kappa shape index (κ2) is 9.03. The van der Waals surface area contributed by atoms with Crippen molar-refractivity contribution in [2.24, 2.45) is 5.92 Å². The Kier molecular flexibility index (Phi) is 7.03. The van der Waals surface area contributed by atoms with Crippen LogP contribution >= 0.6 is 0 Å². The molecule has 0 spiro atoms. The summed E-state index contributed by atoms with van der Waals surface area (Å²) in [6.45, 7) is 5.47. The number of carbonyl (C=O) groups is 2. The van der Waals surface area contributed by atoms with Gasteiger partial charge in [-0.25, -0.2) is 4.79 Å². The van der Waals surface area contributed by atoms with E-state index in [0.717, 1.165) is 5.56 Å². The van der Waals surface area contributed by atoms with Crippen LogP contribution in [0.3, 0.4) is 0 Å². The van der Waals surface area contributed by atoms with E-state index in [-0.39, 0.29) is 24.5 Å². The summed E-state index contributed by atoms with van der Waals surface area (Å²) in [6, 6.07) is 9.39. The zero-order valence-corrected chi connectivity index (χ0v) is 15.7. The number of aliphatic hydroxyl groups excluding tert-OH is 1. The Morgan fingerprint density at radius 1 is 1.35 bits per heavy atom. The molecular formula is C20H29NO5. The number of alkyl carbamates (subject to hydrolysis) is 1. The van der Waals surface area contributed by atoms with Crippen molar-refractivity contribution in [3.8, 4) is 0 Å². The quantitative estimate of drug-likeness (QED) is 0.728. The molecule has 26 heavy (non-hydrogen) atoms. The molecule has 144 valence electrons. The van der Waals surface area contributed by atoms with E-state index in [0.29, 0.717) is 25.7 Å². The van der Waals surface area contributed by atoms with Crippen molar-refractivity contribution in [2.45, 2.75) is 64.2 Å². The zero-order valence-electron chi connectivity index (χ0n) is 15.7. The van der Waals surface area contributed by atoms with Gasteiger partial charge in [-0.05, 0) is 52.0 Å². The van der Waals surface area contributed by atoms with Gasteiger partial charge in [0.1, 0.15) is 11.7 Å². The largest absolute Gasteiger partial charge is 0.460 e. The fraction of sp³-hybridized carbons (Fsp3) is 0.600. The van der Waals surface area contributed by atoms with E-state index >= 15 is 0 Å². The van der Waals surface area contributed by atoms with E-state index in [1.54, 1.807) is 20.8 Å². The standard InChI is InChI=1S/C20H29NO5/c1-20(2,3)26-19(24)21-16(12-14-8-5-4-6-9-14)17-13-15(10-7-11-22)18(23)25-17/h4-6,8-9,15-17,22H,7,10-13H2,1-3H3,(H,21,24)/t15-,16+,17+/m1/s1. The molecule has 0 saturated carbocycles. The SMILES string of the molecule is CC(C)(C)OC(=O)N[C@@H](Cc1ccccc1)[C@@H]1C[C@@H](CCCO)C(=O)O1. The highest BCUT2D eigenvalue weighted by molar-refractivity contribution is 5.75. The Hall–Kier alpha value is -2.08. The Morgan fingerprint density at radius 3 is 2.65 bits per heavy atom. The van der Waals surface area contributed by atoms with E-state index in [2.05, 4.69) is 5.32 Å². The minimum atomic E-state index is -0.600. The van der Waals surface area contributed by atoms with Crippen molar-refractivity contribution in [1.29, 1.82) is 0 Å². The van der Waals surface area contributed by atoms with Crippen molar-refractivity contribution < 1.29 is 24.2 Å². The van der Waals surface area contributed by atoms with Crippen LogP contribution in [0.25, 0.3) is 0 Å². The zero-order chi connectivity index (χ0) is 19.2. The molecule has 2 N–H and O–H groups in total. The third-order valence-electron chi connectivity index (χ3n) is 4.28. The van der Waals surface area contributed by atoms with Crippen LogP contribution in [0.5, 0.6) is 0 Å². The number of nitrogens with one attached hydrogen (secondary N) is 1. The van der Waals surface area contributed by atoms with Gasteiger partial charge < -0.3 is 19.9 Å². The number of cyclic esters (lactones) is 1. The van der Waals surface area contributed by atoms with Crippen LogP contribution in [-0.4, -0.2) is 41.5 Å². The number of rotatable bonds is 7. The lowest BCUT2D eigenvalue weighted by Gasteiger charge is -2.26. The number of ether oxygens (including phenoxy) is 2. The second-order valence-electron chi connectivity index (χ2n) is 7.72. The molecule has 6 nitrogen and oxygen atoms in total. The number of esters is 1. The van der Waals surface area contributed by atoms with Crippen molar-refractivity contribution in [1.82, 2.24) is 5.32 Å². The van der Waals surface area contributed by atoms with Crippen LogP contribution in [0, 0.1) is 5.92 Å². The first-order chi connectivity index (χ1) is 12.3. The molecule has 0 aromatic heterocycles. The van der Waals surface area contributed by atoms with Crippen LogP contribution in [0.4, 0.5) is 4.79 Å². The fourth-order valence-electron chi connectivity index (χ4n) is 3.09. The van der Waals surface area contributed by atoms with Gasteiger partial charge in [0.2, 0.25) is 0 Å². The average molecular weight is 363 g/mol. The summed E-state index contributed by atoms with van der Waals surface area (Å²) in [5.74, 6) is -0.488. The highest BCUT2D eigenvalue weighted by atomic mass is 16.6. The summed E-state index contributed by atoms with van der Waals surface area (Å²) in [5, 5.41) is 11.9. The molecule has 1 saturated heterocycles. The monoisotopic (exact) mass is 363 g/mol. The number of carbonyl (C=O) groups excluding carboxylic acids is 2. The normalized spacial score (nSPS) is 21.2. The van der Waals surface area contributed by atoms with Crippen LogP contribution < -0.4 is 5.32 Å². The van der Waals surface area contributed by atoms with E-state index in [1.165, 1.54) is 0 Å². The predicted molar refractivity (Wildman–Crippen MR) is 97.6 cm³/mol. The molecule has 1 heterocycles. The Morgan fingerprint density at radius 2 is 2.04 bits per heavy atom. The molecule has 1 aromatic rings. The van der Waals surface area contributed by atoms with Crippen molar-refractivity contribution in [2.75, 3.05) is 6.61 Å². The van der Waals surface area contributed by atoms with Crippen molar-refractivity contribution in [3.63, 3.8) is 0 Å². The maximum Gasteiger partial charge on any atom is 0.408 e. The molecule has 0 aliphatic carbocycles. The molecule has 1 aliphatic rings.